The second kappa shape index (κ2) is 5.48. The molecule has 1 saturated heterocycles. The van der Waals surface area contributed by atoms with Crippen LogP contribution in [-0.2, 0) is 14.9 Å². The van der Waals surface area contributed by atoms with Crippen molar-refractivity contribution in [1.82, 2.24) is 10.1 Å². The second-order valence-electron chi connectivity index (χ2n) is 6.31. The van der Waals surface area contributed by atoms with Gasteiger partial charge in [0.1, 0.15) is 5.76 Å². The molecule has 2 atom stereocenters. The van der Waals surface area contributed by atoms with E-state index < -0.39 is 12.1 Å². The molecule has 7 heteroatoms. The smallest absolute Gasteiger partial charge is 0.334 e. The zero-order valence-electron chi connectivity index (χ0n) is 12.6. The quantitative estimate of drug-likeness (QED) is 0.884. The van der Waals surface area contributed by atoms with E-state index in [1.165, 1.54) is 4.90 Å². The maximum Gasteiger partial charge on any atom is 0.334 e. The van der Waals surface area contributed by atoms with Gasteiger partial charge in [0.05, 0.1) is 12.6 Å². The molecule has 1 aliphatic rings. The number of carbonyl (C=O) groups excluding carboxylic acids is 1. The van der Waals surface area contributed by atoms with E-state index in [4.69, 9.17) is 14.4 Å². The zero-order valence-corrected chi connectivity index (χ0v) is 12.6. The van der Waals surface area contributed by atoms with E-state index >= 15 is 0 Å². The molecule has 2 rings (SSSR count). The summed E-state index contributed by atoms with van der Waals surface area (Å²) in [5.41, 5.74) is -0.0499. The molecule has 21 heavy (non-hydrogen) atoms. The summed E-state index contributed by atoms with van der Waals surface area (Å²) in [6, 6.07) is 1.61. The number of aliphatic carboxylic acids is 1. The Bertz CT molecular complexity index is 546. The van der Waals surface area contributed by atoms with E-state index in [9.17, 15) is 9.59 Å². The molecule has 1 aliphatic heterocycles. The average Bonchev–Trinajstić information content (AvgIpc) is 2.86. The lowest BCUT2D eigenvalue weighted by Gasteiger charge is -2.34. The number of amides is 1. The first kappa shape index (κ1) is 15.5. The Morgan fingerprint density at radius 1 is 1.38 bits per heavy atom. The first-order chi connectivity index (χ1) is 9.68. The van der Waals surface area contributed by atoms with Crippen LogP contribution < -0.4 is 0 Å². The van der Waals surface area contributed by atoms with E-state index in [-0.39, 0.29) is 29.7 Å². The van der Waals surface area contributed by atoms with Gasteiger partial charge in [-0.15, -0.1) is 0 Å². The lowest BCUT2D eigenvalue weighted by Crippen LogP contribution is -2.51. The lowest BCUT2D eigenvalue weighted by molar-refractivity contribution is -0.160. The van der Waals surface area contributed by atoms with E-state index in [2.05, 4.69) is 5.16 Å². The second-order valence-corrected chi connectivity index (χ2v) is 6.31. The Balaban J connectivity index is 2.15. The Morgan fingerprint density at radius 3 is 2.57 bits per heavy atom. The monoisotopic (exact) mass is 296 g/mol. The summed E-state index contributed by atoms with van der Waals surface area (Å²) < 4.78 is 10.5. The topological polar surface area (TPSA) is 92.9 Å². The van der Waals surface area contributed by atoms with Crippen molar-refractivity contribution < 1.29 is 24.0 Å². The van der Waals surface area contributed by atoms with Crippen LogP contribution in [0.5, 0.6) is 0 Å². The molecule has 0 aliphatic carbocycles. The predicted octanol–water partition coefficient (Wildman–Crippen LogP) is 1.29. The highest BCUT2D eigenvalue weighted by Crippen LogP contribution is 2.23. The van der Waals surface area contributed by atoms with Gasteiger partial charge in [0.25, 0.3) is 5.91 Å². The molecule has 1 aromatic heterocycles. The fourth-order valence-corrected chi connectivity index (χ4v) is 2.15. The van der Waals surface area contributed by atoms with Crippen molar-refractivity contribution in [3.8, 4) is 0 Å². The van der Waals surface area contributed by atoms with E-state index in [1.54, 1.807) is 13.0 Å². The molecule has 0 bridgehead atoms. The highest BCUT2D eigenvalue weighted by molar-refractivity contribution is 5.92. The van der Waals surface area contributed by atoms with E-state index in [1.807, 2.05) is 20.8 Å². The van der Waals surface area contributed by atoms with Gasteiger partial charge in [-0.2, -0.15) is 0 Å². The molecule has 1 aromatic rings. The largest absolute Gasteiger partial charge is 0.479 e. The first-order valence-corrected chi connectivity index (χ1v) is 6.83. The third kappa shape index (κ3) is 3.41. The van der Waals surface area contributed by atoms with Crippen molar-refractivity contribution in [2.75, 3.05) is 13.1 Å². The molecule has 1 unspecified atom stereocenters. The van der Waals surface area contributed by atoms with Crippen molar-refractivity contribution in [2.24, 2.45) is 0 Å². The first-order valence-electron chi connectivity index (χ1n) is 6.83. The predicted molar refractivity (Wildman–Crippen MR) is 73.1 cm³/mol. The Morgan fingerprint density at radius 2 is 2.05 bits per heavy atom. The van der Waals surface area contributed by atoms with Crippen molar-refractivity contribution in [3.63, 3.8) is 0 Å². The minimum Gasteiger partial charge on any atom is -0.479 e. The fourth-order valence-electron chi connectivity index (χ4n) is 2.15. The van der Waals surface area contributed by atoms with Crippen LogP contribution in [0.3, 0.4) is 0 Å². The summed E-state index contributed by atoms with van der Waals surface area (Å²) in [6.07, 6.45) is -1.34. The number of hydrogen-bond donors (Lipinski definition) is 1. The third-order valence-corrected chi connectivity index (χ3v) is 3.29. The molecule has 0 radical (unpaired) electrons. The maximum absolute atomic E-state index is 12.4. The van der Waals surface area contributed by atoms with Crippen LogP contribution >= 0.6 is 0 Å². The normalized spacial score (nSPS) is 23.1. The molecule has 7 nitrogen and oxygen atoms in total. The Hall–Kier alpha value is -1.89. The molecule has 0 saturated carbocycles. The highest BCUT2D eigenvalue weighted by atomic mass is 16.5. The standard InChI is InChI=1S/C14H20N2O5/c1-8-6-16(7-10(20-8)13(18)19)12(17)9-5-11(21-15-9)14(2,3)4/h5,8,10H,6-7H2,1-4H3,(H,18,19)/t8-,10?/m1/s1. The van der Waals surface area contributed by atoms with Gasteiger partial charge in [0, 0.05) is 18.0 Å². The number of morpholine rings is 1. The summed E-state index contributed by atoms with van der Waals surface area (Å²) in [5.74, 6) is -0.799. The number of carbonyl (C=O) groups is 2. The SMILES string of the molecule is C[C@@H]1CN(C(=O)c2cc(C(C)(C)C)on2)CC(C(=O)O)O1. The van der Waals surface area contributed by atoms with Gasteiger partial charge in [-0.05, 0) is 6.92 Å². The van der Waals surface area contributed by atoms with Crippen LogP contribution in [0.25, 0.3) is 0 Å². The van der Waals surface area contributed by atoms with Crippen LogP contribution in [0.2, 0.25) is 0 Å². The molecule has 0 spiro atoms. The van der Waals surface area contributed by atoms with Gasteiger partial charge in [0.15, 0.2) is 11.8 Å². The van der Waals surface area contributed by atoms with Crippen molar-refractivity contribution in [1.29, 1.82) is 0 Å². The van der Waals surface area contributed by atoms with Crippen molar-refractivity contribution >= 4 is 11.9 Å². The molecule has 1 fully saturated rings. The van der Waals surface area contributed by atoms with Gasteiger partial charge >= 0.3 is 5.97 Å². The minimum absolute atomic E-state index is 0.0101. The number of ether oxygens (including phenoxy) is 1. The summed E-state index contributed by atoms with van der Waals surface area (Å²) in [7, 11) is 0. The van der Waals surface area contributed by atoms with Crippen LogP contribution in [0.4, 0.5) is 0 Å². The number of nitrogens with zero attached hydrogens (tertiary/aromatic N) is 2. The molecular weight excluding hydrogens is 276 g/mol. The minimum atomic E-state index is -1.07. The lowest BCUT2D eigenvalue weighted by atomic mass is 9.93. The summed E-state index contributed by atoms with van der Waals surface area (Å²) in [4.78, 5) is 24.9. The summed E-state index contributed by atoms with van der Waals surface area (Å²) in [5, 5.41) is 12.8. The zero-order chi connectivity index (χ0) is 15.8. The van der Waals surface area contributed by atoms with Crippen molar-refractivity contribution in [3.05, 3.63) is 17.5 Å². The Labute approximate surface area is 122 Å². The van der Waals surface area contributed by atoms with E-state index in [0.717, 1.165) is 0 Å². The molecule has 2 heterocycles. The van der Waals surface area contributed by atoms with Gasteiger partial charge in [-0.3, -0.25) is 4.79 Å². The number of carboxylic acids is 1. The summed E-state index contributed by atoms with van der Waals surface area (Å²) >= 11 is 0. The number of carboxylic acid groups (broad SMARTS) is 1. The van der Waals surface area contributed by atoms with Crippen LogP contribution in [0.1, 0.15) is 43.9 Å². The maximum atomic E-state index is 12.4. The molecular formula is C14H20N2O5. The van der Waals surface area contributed by atoms with Crippen LogP contribution in [-0.4, -0.2) is 52.3 Å². The van der Waals surface area contributed by atoms with Crippen LogP contribution in [0.15, 0.2) is 10.6 Å². The third-order valence-electron chi connectivity index (χ3n) is 3.29. The van der Waals surface area contributed by atoms with Gasteiger partial charge in [-0.1, -0.05) is 25.9 Å². The van der Waals surface area contributed by atoms with Gasteiger partial charge < -0.3 is 19.3 Å². The molecule has 1 N–H and O–H groups in total. The van der Waals surface area contributed by atoms with Gasteiger partial charge in [-0.25, -0.2) is 4.79 Å². The number of hydrogen-bond acceptors (Lipinski definition) is 5. The van der Waals surface area contributed by atoms with E-state index in [0.29, 0.717) is 12.3 Å². The molecule has 0 aromatic carbocycles. The molecule has 1 amide bonds. The average molecular weight is 296 g/mol. The summed E-state index contributed by atoms with van der Waals surface area (Å²) in [6.45, 7) is 7.95. The van der Waals surface area contributed by atoms with Gasteiger partial charge in [0.2, 0.25) is 0 Å². The van der Waals surface area contributed by atoms with Crippen LogP contribution in [0, 0.1) is 0 Å². The Kier molecular flexibility index (Phi) is 4.04. The molecule has 116 valence electrons. The number of aromatic nitrogens is 1. The van der Waals surface area contributed by atoms with Crippen molar-refractivity contribution in [2.45, 2.75) is 45.3 Å². The number of rotatable bonds is 2. The highest BCUT2D eigenvalue weighted by Gasteiger charge is 2.34. The fraction of sp³-hybridized carbons (Fsp3) is 0.643.